The van der Waals surface area contributed by atoms with Crippen molar-refractivity contribution >= 4 is 60.9 Å². The van der Waals surface area contributed by atoms with Crippen molar-refractivity contribution in [3.63, 3.8) is 0 Å². The molecule has 2 aromatic heterocycles. The lowest BCUT2D eigenvalue weighted by molar-refractivity contribution is 0.660. The van der Waals surface area contributed by atoms with E-state index in [4.69, 9.17) is 8.83 Å². The van der Waals surface area contributed by atoms with Gasteiger partial charge in [-0.2, -0.15) is 0 Å². The number of furan rings is 2. The SMILES string of the molecule is CC1(C)c2cc(-c3ccccc3)ccc2-c2ccc(N(c3ccc(-c4ccc(-c5ccc6oc7ccccc7c6c5)cc4)cc3)c3ccc(-c4cccc5c4oc4ccccc45)cc3)cc21. The van der Waals surface area contributed by atoms with E-state index in [0.29, 0.717) is 0 Å². The third-order valence-corrected chi connectivity index (χ3v) is 13.9. The molecule has 0 saturated carbocycles. The van der Waals surface area contributed by atoms with Crippen molar-refractivity contribution in [2.45, 2.75) is 19.3 Å². The summed E-state index contributed by atoms with van der Waals surface area (Å²) < 4.78 is 12.6. The van der Waals surface area contributed by atoms with Gasteiger partial charge >= 0.3 is 0 Å². The quantitative estimate of drug-likeness (QED) is 0.160. The molecule has 0 aliphatic heterocycles. The van der Waals surface area contributed by atoms with Gasteiger partial charge in [-0.05, 0) is 128 Å². The monoisotopic (exact) mass is 845 g/mol. The number of hydrogen-bond donors (Lipinski definition) is 0. The summed E-state index contributed by atoms with van der Waals surface area (Å²) in [6, 6.07) is 81.0. The average molecular weight is 846 g/mol. The van der Waals surface area contributed by atoms with Crippen LogP contribution in [0.2, 0.25) is 0 Å². The van der Waals surface area contributed by atoms with Gasteiger partial charge in [0.15, 0.2) is 0 Å². The van der Waals surface area contributed by atoms with Crippen LogP contribution in [0.1, 0.15) is 25.0 Å². The summed E-state index contributed by atoms with van der Waals surface area (Å²) in [5.41, 5.74) is 21.4. The molecule has 0 bridgehead atoms. The van der Waals surface area contributed by atoms with Gasteiger partial charge in [-0.1, -0.05) is 172 Å². The average Bonchev–Trinajstić information content (AvgIpc) is 4.02. The predicted molar refractivity (Wildman–Crippen MR) is 275 cm³/mol. The topological polar surface area (TPSA) is 29.5 Å². The van der Waals surface area contributed by atoms with Crippen LogP contribution in [0.25, 0.3) is 99.5 Å². The van der Waals surface area contributed by atoms with E-state index in [1.165, 1.54) is 50.1 Å². The van der Waals surface area contributed by atoms with E-state index in [1.54, 1.807) is 0 Å². The van der Waals surface area contributed by atoms with Gasteiger partial charge in [0.1, 0.15) is 22.3 Å². The zero-order valence-corrected chi connectivity index (χ0v) is 36.6. The summed E-state index contributed by atoms with van der Waals surface area (Å²) in [5.74, 6) is 0. The molecular weight excluding hydrogens is 803 g/mol. The van der Waals surface area contributed by atoms with E-state index in [1.807, 2.05) is 24.3 Å². The van der Waals surface area contributed by atoms with Crippen LogP contribution in [-0.2, 0) is 5.41 Å². The maximum absolute atomic E-state index is 6.46. The predicted octanol–water partition coefficient (Wildman–Crippen LogP) is 17.9. The molecule has 0 spiro atoms. The Morgan fingerprint density at radius 3 is 1.48 bits per heavy atom. The molecular formula is C63H43NO2. The van der Waals surface area contributed by atoms with Crippen LogP contribution in [0.15, 0.2) is 233 Å². The van der Waals surface area contributed by atoms with Crippen molar-refractivity contribution in [1.29, 1.82) is 0 Å². The second kappa shape index (κ2) is 14.8. The van der Waals surface area contributed by atoms with Gasteiger partial charge in [0.05, 0.1) is 0 Å². The summed E-state index contributed by atoms with van der Waals surface area (Å²) in [6.07, 6.45) is 0. The zero-order valence-electron chi connectivity index (χ0n) is 36.6. The highest BCUT2D eigenvalue weighted by Crippen LogP contribution is 2.52. The summed E-state index contributed by atoms with van der Waals surface area (Å²) in [6.45, 7) is 4.73. The number of nitrogens with zero attached hydrogens (tertiary/aromatic N) is 1. The first kappa shape index (κ1) is 38.1. The molecule has 312 valence electrons. The molecule has 0 atom stereocenters. The molecule has 0 N–H and O–H groups in total. The molecule has 66 heavy (non-hydrogen) atoms. The van der Waals surface area contributed by atoms with Gasteiger partial charge in [0, 0.05) is 49.6 Å². The number of hydrogen-bond acceptors (Lipinski definition) is 3. The highest BCUT2D eigenvalue weighted by molar-refractivity contribution is 6.10. The minimum atomic E-state index is -0.194. The molecule has 10 aromatic carbocycles. The number of benzene rings is 10. The fourth-order valence-corrected chi connectivity index (χ4v) is 10.5. The van der Waals surface area contributed by atoms with Gasteiger partial charge in [0.25, 0.3) is 0 Å². The van der Waals surface area contributed by atoms with Gasteiger partial charge in [-0.25, -0.2) is 0 Å². The number of rotatable bonds is 7. The van der Waals surface area contributed by atoms with Gasteiger partial charge in [-0.15, -0.1) is 0 Å². The van der Waals surface area contributed by atoms with Crippen molar-refractivity contribution in [3.05, 3.63) is 236 Å². The molecule has 0 fully saturated rings. The second-order valence-corrected chi connectivity index (χ2v) is 18.1. The van der Waals surface area contributed by atoms with E-state index in [-0.39, 0.29) is 5.41 Å². The van der Waals surface area contributed by atoms with Crippen LogP contribution in [0.3, 0.4) is 0 Å². The third-order valence-electron chi connectivity index (χ3n) is 13.9. The van der Waals surface area contributed by atoms with Crippen molar-refractivity contribution < 1.29 is 8.83 Å². The molecule has 0 amide bonds. The van der Waals surface area contributed by atoms with E-state index in [9.17, 15) is 0 Å². The van der Waals surface area contributed by atoms with Crippen LogP contribution < -0.4 is 4.90 Å². The summed E-state index contributed by atoms with van der Waals surface area (Å²) >= 11 is 0. The smallest absolute Gasteiger partial charge is 0.143 e. The lowest BCUT2D eigenvalue weighted by Crippen LogP contribution is -2.16. The summed E-state index contributed by atoms with van der Waals surface area (Å²) in [5, 5.41) is 4.54. The molecule has 1 aliphatic rings. The number of para-hydroxylation sites is 3. The van der Waals surface area contributed by atoms with E-state index >= 15 is 0 Å². The third kappa shape index (κ3) is 6.12. The first-order valence-corrected chi connectivity index (χ1v) is 22.7. The molecule has 13 rings (SSSR count). The Hall–Kier alpha value is -8.40. The van der Waals surface area contributed by atoms with Crippen LogP contribution in [0, 0.1) is 0 Å². The molecule has 1 aliphatic carbocycles. The van der Waals surface area contributed by atoms with E-state index in [2.05, 4.69) is 219 Å². The molecule has 2 heterocycles. The van der Waals surface area contributed by atoms with E-state index in [0.717, 1.165) is 77.6 Å². The van der Waals surface area contributed by atoms with Gasteiger partial charge in [-0.3, -0.25) is 0 Å². The molecule has 0 unspecified atom stereocenters. The summed E-state index contributed by atoms with van der Waals surface area (Å²) in [7, 11) is 0. The molecule has 0 radical (unpaired) electrons. The Balaban J connectivity index is 0.869. The van der Waals surface area contributed by atoms with Crippen LogP contribution in [-0.4, -0.2) is 0 Å². The van der Waals surface area contributed by atoms with Crippen LogP contribution >= 0.6 is 0 Å². The molecule has 3 nitrogen and oxygen atoms in total. The van der Waals surface area contributed by atoms with Crippen LogP contribution in [0.4, 0.5) is 17.1 Å². The standard InChI is InChI=1S/C63H43NO2/c1-63(2)57-38-46(40-11-4-3-5-12-40)27-34-51(57)52-35-33-49(39-58(52)63)64(48-31-25-44(26-32-48)50-15-10-16-55-53-13-6-9-18-60(53)66-62(50)55)47-29-23-42(24-30-47)41-19-21-43(22-20-41)45-28-36-61-56(37-45)54-14-7-8-17-59(54)65-61/h3-39H,1-2H3. The Morgan fingerprint density at radius 1 is 0.303 bits per heavy atom. The first-order chi connectivity index (χ1) is 32.4. The van der Waals surface area contributed by atoms with Gasteiger partial charge < -0.3 is 13.7 Å². The Kier molecular flexibility index (Phi) is 8.56. The number of fused-ring (bicyclic) bond motifs is 9. The Bertz CT molecular complexity index is 3820. The van der Waals surface area contributed by atoms with Gasteiger partial charge in [0.2, 0.25) is 0 Å². The number of anilines is 3. The van der Waals surface area contributed by atoms with Crippen molar-refractivity contribution in [2.24, 2.45) is 0 Å². The minimum Gasteiger partial charge on any atom is -0.456 e. The normalized spacial score (nSPS) is 12.8. The van der Waals surface area contributed by atoms with Crippen molar-refractivity contribution in [2.75, 3.05) is 4.90 Å². The Morgan fingerprint density at radius 2 is 0.773 bits per heavy atom. The van der Waals surface area contributed by atoms with Crippen molar-refractivity contribution in [3.8, 4) is 55.6 Å². The molecule has 12 aromatic rings. The first-order valence-electron chi connectivity index (χ1n) is 22.7. The van der Waals surface area contributed by atoms with Crippen molar-refractivity contribution in [1.82, 2.24) is 0 Å². The fourth-order valence-electron chi connectivity index (χ4n) is 10.5. The lowest BCUT2D eigenvalue weighted by atomic mass is 9.81. The zero-order chi connectivity index (χ0) is 43.9. The molecule has 3 heteroatoms. The fraction of sp³-hybridized carbons (Fsp3) is 0.0476. The highest BCUT2D eigenvalue weighted by atomic mass is 16.3. The van der Waals surface area contributed by atoms with Crippen LogP contribution in [0.5, 0.6) is 0 Å². The highest BCUT2D eigenvalue weighted by Gasteiger charge is 2.36. The minimum absolute atomic E-state index is 0.194. The molecule has 0 saturated heterocycles. The van der Waals surface area contributed by atoms with E-state index < -0.39 is 0 Å². The largest absolute Gasteiger partial charge is 0.456 e. The lowest BCUT2D eigenvalue weighted by Gasteiger charge is -2.28. The summed E-state index contributed by atoms with van der Waals surface area (Å²) in [4.78, 5) is 2.39. The second-order valence-electron chi connectivity index (χ2n) is 18.1. The maximum Gasteiger partial charge on any atom is 0.143 e. The Labute approximate surface area is 383 Å². The maximum atomic E-state index is 6.46.